The fourth-order valence-corrected chi connectivity index (χ4v) is 4.05. The second kappa shape index (κ2) is 5.28. The van der Waals surface area contributed by atoms with Crippen LogP contribution in [-0.4, -0.2) is 34.9 Å². The maximum Gasteiger partial charge on any atom is 0.165 e. The Morgan fingerprint density at radius 3 is 2.76 bits per heavy atom. The first-order valence-corrected chi connectivity index (χ1v) is 8.30. The lowest BCUT2D eigenvalue weighted by molar-refractivity contribution is 0.0908. The molecule has 2 aliphatic rings. The molecular formula is C18H28N2O. The topological polar surface area (TPSA) is 25.2 Å². The van der Waals surface area contributed by atoms with Gasteiger partial charge in [-0.2, -0.15) is 0 Å². The zero-order valence-corrected chi connectivity index (χ0v) is 13.9. The Kier molecular flexibility index (Phi) is 3.73. The number of hydrogen-bond acceptors (Lipinski definition) is 2. The SMILES string of the molecule is Cc1cc2c(n1CC1CCCCN1C)CC(C)(C)CC2=O. The maximum atomic E-state index is 12.4. The van der Waals surface area contributed by atoms with Crippen LogP contribution in [-0.2, 0) is 13.0 Å². The molecule has 1 atom stereocenters. The van der Waals surface area contributed by atoms with E-state index in [1.165, 1.54) is 37.2 Å². The van der Waals surface area contributed by atoms with E-state index >= 15 is 0 Å². The number of ketones is 1. The first-order chi connectivity index (χ1) is 9.87. The van der Waals surface area contributed by atoms with Crippen molar-refractivity contribution < 1.29 is 4.79 Å². The van der Waals surface area contributed by atoms with Crippen molar-refractivity contribution in [2.24, 2.45) is 5.41 Å². The molecular weight excluding hydrogens is 260 g/mol. The molecule has 3 nitrogen and oxygen atoms in total. The van der Waals surface area contributed by atoms with Gasteiger partial charge in [-0.3, -0.25) is 4.79 Å². The van der Waals surface area contributed by atoms with Gasteiger partial charge in [-0.25, -0.2) is 0 Å². The summed E-state index contributed by atoms with van der Waals surface area (Å²) in [5.74, 6) is 0.333. The summed E-state index contributed by atoms with van der Waals surface area (Å²) in [5, 5.41) is 0. The number of aromatic nitrogens is 1. The van der Waals surface area contributed by atoms with Gasteiger partial charge in [0.1, 0.15) is 0 Å². The van der Waals surface area contributed by atoms with E-state index in [9.17, 15) is 4.79 Å². The summed E-state index contributed by atoms with van der Waals surface area (Å²) in [6.07, 6.45) is 5.65. The molecule has 0 amide bonds. The lowest BCUT2D eigenvalue weighted by Gasteiger charge is -2.35. The normalized spacial score (nSPS) is 25.9. The third-order valence-electron chi connectivity index (χ3n) is 5.32. The van der Waals surface area contributed by atoms with E-state index in [1.54, 1.807) is 0 Å². The van der Waals surface area contributed by atoms with Crippen molar-refractivity contribution in [3.63, 3.8) is 0 Å². The lowest BCUT2D eigenvalue weighted by Crippen LogP contribution is -2.40. The fourth-order valence-electron chi connectivity index (χ4n) is 4.05. The third-order valence-corrected chi connectivity index (χ3v) is 5.32. The van der Waals surface area contributed by atoms with Crippen molar-refractivity contribution in [2.45, 2.75) is 65.5 Å². The highest BCUT2D eigenvalue weighted by molar-refractivity contribution is 5.99. The average Bonchev–Trinajstić information content (AvgIpc) is 2.69. The zero-order valence-electron chi connectivity index (χ0n) is 13.9. The predicted molar refractivity (Wildman–Crippen MR) is 85.9 cm³/mol. The molecule has 1 saturated heterocycles. The van der Waals surface area contributed by atoms with Gasteiger partial charge in [0.05, 0.1) is 0 Å². The first kappa shape index (κ1) is 14.8. The van der Waals surface area contributed by atoms with E-state index < -0.39 is 0 Å². The van der Waals surface area contributed by atoms with Crippen LogP contribution in [0.4, 0.5) is 0 Å². The highest BCUT2D eigenvalue weighted by atomic mass is 16.1. The van der Waals surface area contributed by atoms with Crippen molar-refractivity contribution in [1.82, 2.24) is 9.47 Å². The van der Waals surface area contributed by atoms with Crippen molar-refractivity contribution in [2.75, 3.05) is 13.6 Å². The number of likely N-dealkylation sites (tertiary alicyclic amines) is 1. The number of likely N-dealkylation sites (N-methyl/N-ethyl adjacent to an activating group) is 1. The lowest BCUT2D eigenvalue weighted by atomic mass is 9.76. The number of fused-ring (bicyclic) bond motifs is 1. The monoisotopic (exact) mass is 288 g/mol. The van der Waals surface area contributed by atoms with Crippen LogP contribution in [0.15, 0.2) is 6.07 Å². The molecule has 1 aromatic rings. The summed E-state index contributed by atoms with van der Waals surface area (Å²) in [7, 11) is 2.24. The summed E-state index contributed by atoms with van der Waals surface area (Å²) in [6, 6.07) is 2.74. The van der Waals surface area contributed by atoms with Crippen molar-refractivity contribution in [3.8, 4) is 0 Å². The van der Waals surface area contributed by atoms with E-state index in [0.29, 0.717) is 18.2 Å². The summed E-state index contributed by atoms with van der Waals surface area (Å²) in [5.41, 5.74) is 3.63. The van der Waals surface area contributed by atoms with E-state index in [2.05, 4.69) is 43.4 Å². The molecule has 1 unspecified atom stereocenters. The first-order valence-electron chi connectivity index (χ1n) is 8.30. The average molecular weight is 288 g/mol. The van der Waals surface area contributed by atoms with Crippen LogP contribution < -0.4 is 0 Å². The standard InChI is InChI=1S/C18H28N2O/c1-13-9-15-16(10-18(2,3)11-17(15)21)20(13)12-14-7-5-6-8-19(14)4/h9,14H,5-8,10-12H2,1-4H3. The van der Waals surface area contributed by atoms with E-state index in [4.69, 9.17) is 0 Å². The van der Waals surface area contributed by atoms with Crippen LogP contribution in [0, 0.1) is 12.3 Å². The molecule has 1 aromatic heterocycles. The highest BCUT2D eigenvalue weighted by Crippen LogP contribution is 2.36. The molecule has 3 rings (SSSR count). The van der Waals surface area contributed by atoms with Crippen LogP contribution in [0.3, 0.4) is 0 Å². The Labute approximate surface area is 128 Å². The van der Waals surface area contributed by atoms with Crippen molar-refractivity contribution in [3.05, 3.63) is 23.0 Å². The quantitative estimate of drug-likeness (QED) is 0.833. The van der Waals surface area contributed by atoms with Crippen LogP contribution in [0.25, 0.3) is 0 Å². The fraction of sp³-hybridized carbons (Fsp3) is 0.722. The van der Waals surface area contributed by atoms with Gasteiger partial charge in [0.25, 0.3) is 0 Å². The van der Waals surface area contributed by atoms with Crippen LogP contribution in [0.2, 0.25) is 0 Å². The molecule has 0 aromatic carbocycles. The van der Waals surface area contributed by atoms with Gasteiger partial charge in [-0.1, -0.05) is 20.3 Å². The number of aryl methyl sites for hydroxylation is 1. The second-order valence-corrected chi connectivity index (χ2v) is 7.83. The number of carbonyl (C=O) groups excluding carboxylic acids is 1. The largest absolute Gasteiger partial charge is 0.347 e. The third kappa shape index (κ3) is 2.80. The van der Waals surface area contributed by atoms with Gasteiger partial charge in [-0.15, -0.1) is 0 Å². The molecule has 0 radical (unpaired) electrons. The van der Waals surface area contributed by atoms with E-state index in [0.717, 1.165) is 18.5 Å². The van der Waals surface area contributed by atoms with Crippen LogP contribution >= 0.6 is 0 Å². The van der Waals surface area contributed by atoms with Gasteiger partial charge in [0.15, 0.2) is 5.78 Å². The molecule has 1 aliphatic carbocycles. The Hall–Kier alpha value is -1.09. The molecule has 0 N–H and O–H groups in total. The van der Waals surface area contributed by atoms with Crippen LogP contribution in [0.5, 0.6) is 0 Å². The van der Waals surface area contributed by atoms with E-state index in [-0.39, 0.29) is 5.41 Å². The smallest absolute Gasteiger partial charge is 0.165 e. The molecule has 3 heteroatoms. The Bertz CT molecular complexity index is 556. The maximum absolute atomic E-state index is 12.4. The van der Waals surface area contributed by atoms with Crippen molar-refractivity contribution >= 4 is 5.78 Å². The van der Waals surface area contributed by atoms with Gasteiger partial charge >= 0.3 is 0 Å². The summed E-state index contributed by atoms with van der Waals surface area (Å²) in [4.78, 5) is 14.9. The molecule has 1 aliphatic heterocycles. The Balaban J connectivity index is 1.91. The second-order valence-electron chi connectivity index (χ2n) is 7.83. The predicted octanol–water partition coefficient (Wildman–Crippen LogP) is 3.44. The van der Waals surface area contributed by atoms with Gasteiger partial charge in [0.2, 0.25) is 0 Å². The molecule has 0 bridgehead atoms. The summed E-state index contributed by atoms with van der Waals surface area (Å²) in [6.45, 7) is 8.83. The molecule has 116 valence electrons. The molecule has 0 saturated carbocycles. The highest BCUT2D eigenvalue weighted by Gasteiger charge is 2.34. The van der Waals surface area contributed by atoms with Crippen LogP contribution in [0.1, 0.15) is 61.3 Å². The zero-order chi connectivity index (χ0) is 15.2. The number of hydrogen-bond donors (Lipinski definition) is 0. The number of carbonyl (C=O) groups is 1. The van der Waals surface area contributed by atoms with E-state index in [1.807, 2.05) is 0 Å². The van der Waals surface area contributed by atoms with Gasteiger partial charge < -0.3 is 9.47 Å². The number of nitrogens with zero attached hydrogens (tertiary/aromatic N) is 2. The molecule has 0 spiro atoms. The Morgan fingerprint density at radius 2 is 2.05 bits per heavy atom. The minimum Gasteiger partial charge on any atom is -0.347 e. The minimum atomic E-state index is 0.102. The van der Waals surface area contributed by atoms with Gasteiger partial charge in [-0.05, 0) is 51.3 Å². The number of piperidine rings is 1. The summed E-state index contributed by atoms with van der Waals surface area (Å²) >= 11 is 0. The molecule has 1 fully saturated rings. The molecule has 2 heterocycles. The van der Waals surface area contributed by atoms with Gasteiger partial charge in [0, 0.05) is 36.0 Å². The van der Waals surface area contributed by atoms with Crippen molar-refractivity contribution in [1.29, 1.82) is 0 Å². The minimum absolute atomic E-state index is 0.102. The number of Topliss-reactive ketones (excluding diaryl/α,β-unsaturated/α-hetero) is 1. The molecule has 21 heavy (non-hydrogen) atoms. The summed E-state index contributed by atoms with van der Waals surface area (Å²) < 4.78 is 2.43. The Morgan fingerprint density at radius 1 is 1.29 bits per heavy atom. The number of rotatable bonds is 2.